The number of carboxylic acid groups (broad SMARTS) is 1. The van der Waals surface area contributed by atoms with Crippen molar-refractivity contribution in [3.8, 4) is 0 Å². The Morgan fingerprint density at radius 3 is 2.76 bits per heavy atom. The molecule has 0 saturated heterocycles. The second kappa shape index (κ2) is 6.74. The fourth-order valence-electron chi connectivity index (χ4n) is 2.43. The minimum absolute atomic E-state index is 0.104. The van der Waals surface area contributed by atoms with Crippen LogP contribution in [0.1, 0.15) is 26.3 Å². The summed E-state index contributed by atoms with van der Waals surface area (Å²) in [4.78, 5) is 41.5. The molecule has 25 heavy (non-hydrogen) atoms. The van der Waals surface area contributed by atoms with Gasteiger partial charge in [0.15, 0.2) is 0 Å². The lowest BCUT2D eigenvalue weighted by Gasteiger charge is -2.10. The summed E-state index contributed by atoms with van der Waals surface area (Å²) in [6.45, 7) is 0.104. The summed E-state index contributed by atoms with van der Waals surface area (Å²) in [7, 11) is 0. The van der Waals surface area contributed by atoms with Crippen molar-refractivity contribution in [2.24, 2.45) is 0 Å². The maximum atomic E-state index is 12.1. The lowest BCUT2D eigenvalue weighted by molar-refractivity contribution is 0.0695. The van der Waals surface area contributed by atoms with E-state index in [0.717, 1.165) is 0 Å². The van der Waals surface area contributed by atoms with Crippen molar-refractivity contribution in [2.45, 2.75) is 6.54 Å². The number of carbonyl (C=O) groups excluding carboxylic acids is 1. The van der Waals surface area contributed by atoms with Gasteiger partial charge >= 0.3 is 5.97 Å². The van der Waals surface area contributed by atoms with Gasteiger partial charge in [0.2, 0.25) is 0 Å². The summed E-state index contributed by atoms with van der Waals surface area (Å²) >= 11 is 6.07. The van der Waals surface area contributed by atoms with Gasteiger partial charge in [0.1, 0.15) is 5.56 Å². The van der Waals surface area contributed by atoms with Crippen molar-refractivity contribution >= 4 is 34.4 Å². The molecule has 8 heteroatoms. The maximum Gasteiger partial charge on any atom is 0.341 e. The highest BCUT2D eigenvalue weighted by Gasteiger charge is 2.13. The first-order chi connectivity index (χ1) is 12.0. The number of benzene rings is 1. The molecule has 2 aromatic heterocycles. The number of H-pyrrole nitrogens is 1. The molecule has 3 N–H and O–H groups in total. The van der Waals surface area contributed by atoms with Crippen LogP contribution in [0.25, 0.3) is 10.9 Å². The zero-order valence-electron chi connectivity index (χ0n) is 12.7. The summed E-state index contributed by atoms with van der Waals surface area (Å²) in [6, 6.07) is 7.68. The fourth-order valence-corrected chi connectivity index (χ4v) is 2.68. The molecule has 1 aromatic carbocycles. The molecule has 0 aliphatic rings. The van der Waals surface area contributed by atoms with Crippen molar-refractivity contribution in [1.82, 2.24) is 15.3 Å². The van der Waals surface area contributed by atoms with Gasteiger partial charge in [-0.2, -0.15) is 0 Å². The quantitative estimate of drug-likeness (QED) is 0.662. The van der Waals surface area contributed by atoms with Crippen molar-refractivity contribution in [1.29, 1.82) is 0 Å². The summed E-state index contributed by atoms with van der Waals surface area (Å²) in [5, 5.41) is 12.6. The van der Waals surface area contributed by atoms with Crippen LogP contribution in [0.2, 0.25) is 5.02 Å². The lowest BCUT2D eigenvalue weighted by atomic mass is 10.1. The van der Waals surface area contributed by atoms with Crippen molar-refractivity contribution in [2.75, 3.05) is 0 Å². The Hall–Kier alpha value is -3.19. The highest BCUT2D eigenvalue weighted by Crippen LogP contribution is 2.22. The number of halogens is 1. The molecular weight excluding hydrogens is 346 g/mol. The smallest absolute Gasteiger partial charge is 0.341 e. The number of nitrogens with zero attached hydrogens (tertiary/aromatic N) is 1. The summed E-state index contributed by atoms with van der Waals surface area (Å²) in [6.07, 6.45) is 3.00. The number of amides is 1. The topological polar surface area (TPSA) is 112 Å². The van der Waals surface area contributed by atoms with Crippen LogP contribution in [-0.4, -0.2) is 27.0 Å². The number of aromatic nitrogens is 2. The molecule has 0 atom stereocenters. The third-order valence-corrected chi connectivity index (χ3v) is 3.81. The normalized spacial score (nSPS) is 10.6. The van der Waals surface area contributed by atoms with Crippen LogP contribution in [0, 0.1) is 0 Å². The Bertz CT molecular complexity index is 1030. The molecule has 0 spiro atoms. The van der Waals surface area contributed by atoms with E-state index in [9.17, 15) is 14.4 Å². The van der Waals surface area contributed by atoms with Gasteiger partial charge in [0.25, 0.3) is 11.5 Å². The molecular formula is C17H12ClN3O4. The highest BCUT2D eigenvalue weighted by molar-refractivity contribution is 6.31. The number of hydrogen-bond donors (Lipinski definition) is 3. The number of pyridine rings is 2. The Balaban J connectivity index is 1.96. The second-order valence-corrected chi connectivity index (χ2v) is 5.71. The monoisotopic (exact) mass is 357 g/mol. The fraction of sp³-hybridized carbons (Fsp3) is 0.0588. The molecule has 1 amide bonds. The van der Waals surface area contributed by atoms with Crippen molar-refractivity contribution < 1.29 is 14.7 Å². The predicted molar refractivity (Wildman–Crippen MR) is 91.9 cm³/mol. The minimum atomic E-state index is -1.32. The molecule has 0 bridgehead atoms. The van der Waals surface area contributed by atoms with E-state index >= 15 is 0 Å². The molecule has 0 radical (unpaired) electrons. The van der Waals surface area contributed by atoms with Crippen LogP contribution in [-0.2, 0) is 6.54 Å². The van der Waals surface area contributed by atoms with Gasteiger partial charge in [-0.3, -0.25) is 14.6 Å². The van der Waals surface area contributed by atoms with Gasteiger partial charge in [-0.15, -0.1) is 0 Å². The van der Waals surface area contributed by atoms with Crippen LogP contribution in [0.4, 0.5) is 0 Å². The average molecular weight is 358 g/mol. The average Bonchev–Trinajstić information content (AvgIpc) is 2.59. The predicted octanol–water partition coefficient (Wildman–Crippen LogP) is 2.20. The van der Waals surface area contributed by atoms with Crippen molar-refractivity contribution in [3.63, 3.8) is 0 Å². The van der Waals surface area contributed by atoms with Crippen molar-refractivity contribution in [3.05, 3.63) is 74.8 Å². The summed E-state index contributed by atoms with van der Waals surface area (Å²) in [5.41, 5.74) is 0.289. The number of rotatable bonds is 4. The van der Waals surface area contributed by atoms with Crippen LogP contribution in [0.5, 0.6) is 0 Å². The number of fused-ring (bicyclic) bond motifs is 1. The third-order valence-electron chi connectivity index (χ3n) is 3.59. The number of carbonyl (C=O) groups is 2. The number of hydrogen-bond acceptors (Lipinski definition) is 4. The number of carboxylic acids is 1. The third kappa shape index (κ3) is 3.51. The zero-order valence-corrected chi connectivity index (χ0v) is 13.5. The first-order valence-corrected chi connectivity index (χ1v) is 7.60. The van der Waals surface area contributed by atoms with Crippen LogP contribution in [0.3, 0.4) is 0 Å². The van der Waals surface area contributed by atoms with Gasteiger partial charge in [-0.05, 0) is 35.9 Å². The molecule has 0 unspecified atom stereocenters. The van der Waals surface area contributed by atoms with Crippen LogP contribution < -0.4 is 10.9 Å². The largest absolute Gasteiger partial charge is 0.477 e. The number of nitrogens with one attached hydrogen (secondary N) is 2. The van der Waals surface area contributed by atoms with Gasteiger partial charge in [-0.25, -0.2) is 4.79 Å². The Morgan fingerprint density at radius 2 is 2.08 bits per heavy atom. The second-order valence-electron chi connectivity index (χ2n) is 5.27. The molecule has 0 aliphatic carbocycles. The van der Waals surface area contributed by atoms with E-state index in [1.54, 1.807) is 30.5 Å². The first kappa shape index (κ1) is 16.7. The SMILES string of the molecule is O=C(NCc1cc(Cl)cc2cc(C(=O)O)c(=O)[nH]c12)c1cccnc1. The maximum absolute atomic E-state index is 12.1. The summed E-state index contributed by atoms with van der Waals surface area (Å²) < 4.78 is 0. The van der Waals surface area contributed by atoms with E-state index in [1.807, 2.05) is 0 Å². The van der Waals surface area contributed by atoms with Gasteiger partial charge < -0.3 is 15.4 Å². The molecule has 126 valence electrons. The Kier molecular flexibility index (Phi) is 4.49. The minimum Gasteiger partial charge on any atom is -0.477 e. The van der Waals surface area contributed by atoms with Gasteiger partial charge in [-0.1, -0.05) is 11.6 Å². The zero-order chi connectivity index (χ0) is 18.0. The lowest BCUT2D eigenvalue weighted by Crippen LogP contribution is -2.24. The molecule has 3 rings (SSSR count). The van der Waals surface area contributed by atoms with E-state index in [-0.39, 0.29) is 18.0 Å². The molecule has 0 saturated carbocycles. The standard InChI is InChI=1S/C17H12ClN3O4/c18-12-4-10-6-13(17(24)25)16(23)21-14(10)11(5-12)8-20-15(22)9-2-1-3-19-7-9/h1-7H,8H2,(H,20,22)(H,21,23)(H,24,25). The highest BCUT2D eigenvalue weighted by atomic mass is 35.5. The van der Waals surface area contributed by atoms with E-state index < -0.39 is 11.5 Å². The van der Waals surface area contributed by atoms with Crippen LogP contribution in [0.15, 0.2) is 47.5 Å². The molecule has 3 aromatic rings. The van der Waals surface area contributed by atoms with E-state index in [0.29, 0.717) is 27.1 Å². The van der Waals surface area contributed by atoms with Crippen LogP contribution >= 0.6 is 11.6 Å². The van der Waals surface area contributed by atoms with E-state index in [1.165, 1.54) is 12.3 Å². The van der Waals surface area contributed by atoms with E-state index in [2.05, 4.69) is 15.3 Å². The Morgan fingerprint density at radius 1 is 1.28 bits per heavy atom. The Labute approximate surface area is 146 Å². The number of aromatic amines is 1. The van der Waals surface area contributed by atoms with E-state index in [4.69, 9.17) is 16.7 Å². The molecule has 7 nitrogen and oxygen atoms in total. The number of aromatic carboxylic acids is 1. The van der Waals surface area contributed by atoms with Gasteiger partial charge in [0.05, 0.1) is 11.1 Å². The summed E-state index contributed by atoms with van der Waals surface area (Å²) in [5.74, 6) is -1.65. The van der Waals surface area contributed by atoms with Gasteiger partial charge in [0, 0.05) is 29.3 Å². The first-order valence-electron chi connectivity index (χ1n) is 7.22. The molecule has 2 heterocycles. The molecule has 0 aliphatic heterocycles. The molecule has 0 fully saturated rings.